The molecule has 5 N–H and O–H groups in total. The van der Waals surface area contributed by atoms with Gasteiger partial charge in [-0.15, -0.1) is 23.5 Å². The Kier molecular flexibility index (Phi) is 9.68. The molecule has 10 nitrogen and oxygen atoms in total. The van der Waals surface area contributed by atoms with Crippen LogP contribution in [0.25, 0.3) is 0 Å². The summed E-state index contributed by atoms with van der Waals surface area (Å²) >= 11 is 20.6. The van der Waals surface area contributed by atoms with Crippen LogP contribution in [-0.4, -0.2) is 69.7 Å². The maximum atomic E-state index is 13.0. The van der Waals surface area contributed by atoms with Gasteiger partial charge in [-0.05, 0) is 18.2 Å². The van der Waals surface area contributed by atoms with Crippen molar-refractivity contribution < 1.29 is 28.9 Å². The van der Waals surface area contributed by atoms with E-state index in [0.717, 1.165) is 11.8 Å². The lowest BCUT2D eigenvalue weighted by atomic mass is 10.0. The SMILES string of the molecule is NCCNC(=O)c1ccc[n+](CC2=C(C(=O)O)N3C(=O)[C@@H](NC(=O)CSc4cc(Cl)c(Cl)cc4Cl)[C@H]3SC2)c1. The summed E-state index contributed by atoms with van der Waals surface area (Å²) in [5, 5.41) is 15.7. The molecule has 2 atom stereocenters. The van der Waals surface area contributed by atoms with E-state index in [0.29, 0.717) is 49.9 Å². The molecule has 0 bridgehead atoms. The zero-order valence-corrected chi connectivity index (χ0v) is 24.1. The monoisotopic (exact) mass is 630 g/mol. The van der Waals surface area contributed by atoms with Crippen LogP contribution < -0.4 is 20.9 Å². The molecule has 4 rings (SSSR count). The topological polar surface area (TPSA) is 146 Å². The van der Waals surface area contributed by atoms with Gasteiger partial charge < -0.3 is 21.5 Å². The Balaban J connectivity index is 1.42. The first-order valence-corrected chi connectivity index (χ1v) is 14.7. The predicted molar refractivity (Wildman–Crippen MR) is 150 cm³/mol. The van der Waals surface area contributed by atoms with Crippen molar-refractivity contribution in [3.05, 3.63) is 68.6 Å². The number of aliphatic carboxylic acids is 1. The Morgan fingerprint density at radius 1 is 1.21 bits per heavy atom. The van der Waals surface area contributed by atoms with E-state index in [4.69, 9.17) is 40.5 Å². The number of carboxylic acid groups (broad SMARTS) is 1. The van der Waals surface area contributed by atoms with Crippen molar-refractivity contribution >= 4 is 82.0 Å². The highest BCUT2D eigenvalue weighted by Crippen LogP contribution is 2.40. The van der Waals surface area contributed by atoms with Crippen LogP contribution in [0.4, 0.5) is 0 Å². The number of β-lactam (4-membered cyclic amide) rings is 1. The Hall–Kier alpha value is -2.48. The van der Waals surface area contributed by atoms with E-state index in [1.807, 2.05) is 0 Å². The molecule has 2 aromatic rings. The molecule has 0 aliphatic carbocycles. The Bertz CT molecular complexity index is 1380. The lowest BCUT2D eigenvalue weighted by molar-refractivity contribution is -0.689. The number of halogens is 3. The maximum absolute atomic E-state index is 13.0. The molecule has 1 aromatic heterocycles. The average molecular weight is 632 g/mol. The summed E-state index contributed by atoms with van der Waals surface area (Å²) in [5.74, 6) is -2.16. The fourth-order valence-corrected chi connectivity index (χ4v) is 6.92. The molecule has 206 valence electrons. The number of amides is 3. The standard InChI is InChI=1S/C24H22Cl3N5O5S2/c25-14-6-16(27)17(7-15(14)26)38-11-18(33)30-19-22(35)32-20(24(36)37)13(10-39-23(19)32)9-31-5-1-2-12(8-31)21(34)29-4-3-28/h1-2,5-8,19,23H,3-4,9-11,28H2,(H2-,29,30,33,34,36,37)/p+1/t19-,23-/m1/s1. The first kappa shape index (κ1) is 29.5. The quantitative estimate of drug-likeness (QED) is 0.135. The minimum atomic E-state index is -1.24. The number of carboxylic acids is 1. The fraction of sp³-hybridized carbons (Fsp3) is 0.292. The largest absolute Gasteiger partial charge is 0.477 e. The van der Waals surface area contributed by atoms with Gasteiger partial charge in [0.25, 0.3) is 11.8 Å². The zero-order valence-electron chi connectivity index (χ0n) is 20.2. The van der Waals surface area contributed by atoms with Gasteiger partial charge in [0.05, 0.1) is 20.8 Å². The minimum Gasteiger partial charge on any atom is -0.477 e. The van der Waals surface area contributed by atoms with Crippen LogP contribution in [-0.2, 0) is 20.9 Å². The lowest BCUT2D eigenvalue weighted by Gasteiger charge is -2.49. The third kappa shape index (κ3) is 6.64. The molecule has 39 heavy (non-hydrogen) atoms. The van der Waals surface area contributed by atoms with Crippen molar-refractivity contribution in [2.75, 3.05) is 24.6 Å². The highest BCUT2D eigenvalue weighted by Gasteiger charge is 2.54. The summed E-state index contributed by atoms with van der Waals surface area (Å²) < 4.78 is 1.69. The second-order valence-corrected chi connectivity index (χ2v) is 11.9. The molecule has 0 radical (unpaired) electrons. The van der Waals surface area contributed by atoms with Crippen molar-refractivity contribution in [2.45, 2.75) is 22.9 Å². The summed E-state index contributed by atoms with van der Waals surface area (Å²) in [6.45, 7) is 0.805. The number of benzene rings is 1. The van der Waals surface area contributed by atoms with Gasteiger partial charge in [-0.3, -0.25) is 19.3 Å². The van der Waals surface area contributed by atoms with E-state index in [9.17, 15) is 24.3 Å². The van der Waals surface area contributed by atoms with Crippen LogP contribution in [0, 0.1) is 0 Å². The summed E-state index contributed by atoms with van der Waals surface area (Å²) in [4.78, 5) is 51.8. The summed E-state index contributed by atoms with van der Waals surface area (Å²) in [7, 11) is 0. The fourth-order valence-electron chi connectivity index (χ4n) is 4.04. The number of thioether (sulfide) groups is 2. The van der Waals surface area contributed by atoms with Gasteiger partial charge in [-0.1, -0.05) is 34.8 Å². The van der Waals surface area contributed by atoms with E-state index >= 15 is 0 Å². The van der Waals surface area contributed by atoms with Gasteiger partial charge in [0, 0.05) is 35.4 Å². The highest BCUT2D eigenvalue weighted by molar-refractivity contribution is 8.00. The number of fused-ring (bicyclic) bond motifs is 1. The van der Waals surface area contributed by atoms with Crippen molar-refractivity contribution in [1.82, 2.24) is 15.5 Å². The molecule has 0 unspecified atom stereocenters. The third-order valence-electron chi connectivity index (χ3n) is 5.82. The molecule has 0 saturated carbocycles. The van der Waals surface area contributed by atoms with Crippen LogP contribution in [0.5, 0.6) is 0 Å². The zero-order chi connectivity index (χ0) is 28.3. The number of nitrogens with one attached hydrogen (secondary N) is 2. The van der Waals surface area contributed by atoms with E-state index in [-0.39, 0.29) is 23.9 Å². The van der Waals surface area contributed by atoms with Crippen LogP contribution in [0.15, 0.2) is 52.8 Å². The number of nitrogens with two attached hydrogens (primary N) is 1. The number of carbonyl (C=O) groups is 4. The molecule has 2 aliphatic rings. The van der Waals surface area contributed by atoms with Gasteiger partial charge in [-0.2, -0.15) is 0 Å². The van der Waals surface area contributed by atoms with Gasteiger partial charge in [0.15, 0.2) is 18.9 Å². The minimum absolute atomic E-state index is 0.0302. The molecule has 2 aliphatic heterocycles. The van der Waals surface area contributed by atoms with Crippen molar-refractivity contribution in [3.8, 4) is 0 Å². The maximum Gasteiger partial charge on any atom is 0.352 e. The molecular weight excluding hydrogens is 609 g/mol. The molecule has 3 amide bonds. The summed E-state index contributed by atoms with van der Waals surface area (Å²) in [5.41, 5.74) is 6.22. The van der Waals surface area contributed by atoms with Gasteiger partial charge in [0.1, 0.15) is 22.7 Å². The Morgan fingerprint density at radius 2 is 1.95 bits per heavy atom. The molecule has 3 heterocycles. The van der Waals surface area contributed by atoms with Crippen molar-refractivity contribution in [2.24, 2.45) is 5.73 Å². The molecule has 1 fully saturated rings. The van der Waals surface area contributed by atoms with Gasteiger partial charge in [0.2, 0.25) is 5.91 Å². The number of hydrogen-bond donors (Lipinski definition) is 4. The van der Waals surface area contributed by atoms with Crippen LogP contribution in [0.1, 0.15) is 10.4 Å². The molecule has 1 aromatic carbocycles. The third-order valence-corrected chi connectivity index (χ3v) is 9.37. The van der Waals surface area contributed by atoms with Crippen LogP contribution in [0.3, 0.4) is 0 Å². The van der Waals surface area contributed by atoms with E-state index < -0.39 is 29.2 Å². The van der Waals surface area contributed by atoms with E-state index in [2.05, 4.69) is 10.6 Å². The average Bonchev–Trinajstić information content (AvgIpc) is 2.91. The second-order valence-electron chi connectivity index (χ2n) is 8.51. The van der Waals surface area contributed by atoms with E-state index in [1.54, 1.807) is 35.2 Å². The number of carbonyl (C=O) groups excluding carboxylic acids is 3. The molecule has 0 spiro atoms. The Morgan fingerprint density at radius 3 is 2.67 bits per heavy atom. The summed E-state index contributed by atoms with van der Waals surface area (Å²) in [6.07, 6.45) is 3.31. The number of hydrogen-bond acceptors (Lipinski definition) is 7. The van der Waals surface area contributed by atoms with E-state index in [1.165, 1.54) is 22.7 Å². The molecule has 1 saturated heterocycles. The number of nitrogens with zero attached hydrogens (tertiary/aromatic N) is 2. The smallest absolute Gasteiger partial charge is 0.352 e. The Labute approximate surface area is 247 Å². The number of pyridine rings is 1. The first-order chi connectivity index (χ1) is 18.6. The van der Waals surface area contributed by atoms with Gasteiger partial charge >= 0.3 is 5.97 Å². The normalized spacial score (nSPS) is 18.4. The summed E-state index contributed by atoms with van der Waals surface area (Å²) in [6, 6.07) is 5.51. The molecular formula is C24H23Cl3N5O5S2+. The lowest BCUT2D eigenvalue weighted by Crippen LogP contribution is -2.71. The number of aromatic nitrogens is 1. The van der Waals surface area contributed by atoms with Gasteiger partial charge in [-0.25, -0.2) is 9.36 Å². The highest BCUT2D eigenvalue weighted by atomic mass is 35.5. The predicted octanol–water partition coefficient (Wildman–Crippen LogP) is 2.15. The first-order valence-electron chi connectivity index (χ1n) is 11.5. The number of rotatable bonds is 10. The second kappa shape index (κ2) is 12.8. The molecule has 15 heteroatoms. The van der Waals surface area contributed by atoms with Crippen molar-refractivity contribution in [3.63, 3.8) is 0 Å². The van der Waals surface area contributed by atoms with Crippen molar-refractivity contribution in [1.29, 1.82) is 0 Å². The van der Waals surface area contributed by atoms with Crippen LogP contribution in [0.2, 0.25) is 15.1 Å². The van der Waals surface area contributed by atoms with Crippen LogP contribution >= 0.6 is 58.3 Å².